The van der Waals surface area contributed by atoms with Crippen LogP contribution in [-0.4, -0.2) is 29.6 Å². The van der Waals surface area contributed by atoms with Crippen molar-refractivity contribution in [2.75, 3.05) is 7.05 Å². The van der Waals surface area contributed by atoms with Crippen LogP contribution in [-0.2, 0) is 4.79 Å². The molecule has 0 aromatic rings. The van der Waals surface area contributed by atoms with Gasteiger partial charge >= 0.3 is 0 Å². The minimum Gasteiger partial charge on any atom is -0.337 e. The van der Waals surface area contributed by atoms with Gasteiger partial charge in [0, 0.05) is 0 Å². The molecule has 1 atom stereocenters. The van der Waals surface area contributed by atoms with Crippen molar-refractivity contribution in [3.8, 4) is 0 Å². The van der Waals surface area contributed by atoms with Crippen molar-refractivity contribution >= 4 is 5.91 Å². The average molecular weight is 170 g/mol. The Kier molecular flexibility index (Phi) is 2.17. The lowest BCUT2D eigenvalue weighted by atomic mass is 10.0. The van der Waals surface area contributed by atoms with Crippen LogP contribution in [0.5, 0.6) is 0 Å². The summed E-state index contributed by atoms with van der Waals surface area (Å²) in [6, 6.07) is 0.0278. The van der Waals surface area contributed by atoms with Crippen molar-refractivity contribution in [1.29, 1.82) is 0 Å². The van der Waals surface area contributed by atoms with E-state index in [9.17, 15) is 4.79 Å². The Morgan fingerprint density at radius 1 is 1.50 bits per heavy atom. The van der Waals surface area contributed by atoms with Crippen molar-refractivity contribution < 1.29 is 4.79 Å². The molecule has 1 aliphatic rings. The number of rotatable bonds is 1. The molecule has 1 aliphatic heterocycles. The summed E-state index contributed by atoms with van der Waals surface area (Å²) in [5, 5.41) is 2.96. The van der Waals surface area contributed by atoms with Gasteiger partial charge in [0.05, 0.1) is 11.7 Å². The number of hydrogen-bond donors (Lipinski definition) is 1. The third-order valence-electron chi connectivity index (χ3n) is 2.63. The maximum Gasteiger partial charge on any atom is 0.239 e. The van der Waals surface area contributed by atoms with Crippen LogP contribution in [0.15, 0.2) is 0 Å². The van der Waals surface area contributed by atoms with Crippen molar-refractivity contribution in [2.45, 2.75) is 39.4 Å². The zero-order chi connectivity index (χ0) is 9.52. The van der Waals surface area contributed by atoms with Crippen LogP contribution in [0.3, 0.4) is 0 Å². The number of hydrogen-bond acceptors (Lipinski definition) is 2. The molecule has 1 rings (SSSR count). The van der Waals surface area contributed by atoms with Gasteiger partial charge < -0.3 is 5.32 Å². The molecule has 1 heterocycles. The molecule has 0 bridgehead atoms. The molecule has 70 valence electrons. The minimum absolute atomic E-state index is 0.0278. The van der Waals surface area contributed by atoms with Crippen LogP contribution in [0.25, 0.3) is 0 Å². The zero-order valence-corrected chi connectivity index (χ0v) is 8.51. The van der Waals surface area contributed by atoms with Gasteiger partial charge in [0.2, 0.25) is 5.91 Å². The summed E-state index contributed by atoms with van der Waals surface area (Å²) in [6.45, 7) is 8.19. The zero-order valence-electron chi connectivity index (χ0n) is 8.51. The topological polar surface area (TPSA) is 32.3 Å². The quantitative estimate of drug-likeness (QED) is 0.631. The molecule has 1 amide bonds. The predicted molar refractivity (Wildman–Crippen MR) is 48.6 cm³/mol. The molecule has 1 saturated heterocycles. The Morgan fingerprint density at radius 2 is 2.00 bits per heavy atom. The molecule has 0 spiro atoms. The SMILES string of the molecule is CC(C)C1C(=O)NC(C)(C)N1C. The van der Waals surface area contributed by atoms with Crippen molar-refractivity contribution in [2.24, 2.45) is 5.92 Å². The number of nitrogens with one attached hydrogen (secondary N) is 1. The molecular weight excluding hydrogens is 152 g/mol. The Bertz CT molecular complexity index is 199. The highest BCUT2D eigenvalue weighted by Gasteiger charge is 2.43. The lowest BCUT2D eigenvalue weighted by Gasteiger charge is -2.30. The third kappa shape index (κ3) is 1.33. The number of carbonyl (C=O) groups is 1. The Morgan fingerprint density at radius 3 is 2.17 bits per heavy atom. The normalized spacial score (nSPS) is 29.5. The largest absolute Gasteiger partial charge is 0.337 e. The fourth-order valence-corrected chi connectivity index (χ4v) is 1.74. The van der Waals surface area contributed by atoms with E-state index in [1.807, 2.05) is 20.9 Å². The average Bonchev–Trinajstić information content (AvgIpc) is 2.02. The van der Waals surface area contributed by atoms with E-state index in [0.29, 0.717) is 5.92 Å². The van der Waals surface area contributed by atoms with Gasteiger partial charge in [-0.05, 0) is 26.8 Å². The Labute approximate surface area is 74.1 Å². The van der Waals surface area contributed by atoms with E-state index in [2.05, 4.69) is 24.1 Å². The van der Waals surface area contributed by atoms with Crippen molar-refractivity contribution in [3.63, 3.8) is 0 Å². The predicted octanol–water partition coefficient (Wildman–Crippen LogP) is 0.809. The van der Waals surface area contributed by atoms with Crippen molar-refractivity contribution in [1.82, 2.24) is 10.2 Å². The molecule has 1 unspecified atom stereocenters. The summed E-state index contributed by atoms with van der Waals surface area (Å²) < 4.78 is 0. The summed E-state index contributed by atoms with van der Waals surface area (Å²) in [5.41, 5.74) is -0.188. The third-order valence-corrected chi connectivity index (χ3v) is 2.63. The van der Waals surface area contributed by atoms with Gasteiger partial charge in [-0.15, -0.1) is 0 Å². The van der Waals surface area contributed by atoms with Gasteiger partial charge in [-0.2, -0.15) is 0 Å². The minimum atomic E-state index is -0.188. The number of amides is 1. The second-order valence-corrected chi connectivity index (χ2v) is 4.35. The lowest BCUT2D eigenvalue weighted by Crippen LogP contribution is -2.46. The van der Waals surface area contributed by atoms with E-state index in [0.717, 1.165) is 0 Å². The summed E-state index contributed by atoms with van der Waals surface area (Å²) in [4.78, 5) is 13.6. The maximum absolute atomic E-state index is 11.5. The monoisotopic (exact) mass is 170 g/mol. The van der Waals surface area contributed by atoms with Crippen molar-refractivity contribution in [3.05, 3.63) is 0 Å². The van der Waals surface area contributed by atoms with E-state index < -0.39 is 0 Å². The molecule has 1 fully saturated rings. The van der Waals surface area contributed by atoms with E-state index in [4.69, 9.17) is 0 Å². The van der Waals surface area contributed by atoms with E-state index >= 15 is 0 Å². The molecule has 0 aromatic carbocycles. The van der Waals surface area contributed by atoms with Gasteiger partial charge in [0.15, 0.2) is 0 Å². The number of likely N-dealkylation sites (N-methyl/N-ethyl adjacent to an activating group) is 1. The molecule has 12 heavy (non-hydrogen) atoms. The summed E-state index contributed by atoms with van der Waals surface area (Å²) >= 11 is 0. The Balaban J connectivity index is 2.85. The highest BCUT2D eigenvalue weighted by Crippen LogP contribution is 2.24. The van der Waals surface area contributed by atoms with E-state index in [-0.39, 0.29) is 17.6 Å². The van der Waals surface area contributed by atoms with Crippen LogP contribution in [0.1, 0.15) is 27.7 Å². The summed E-state index contributed by atoms with van der Waals surface area (Å²) in [5.74, 6) is 0.522. The Hall–Kier alpha value is -0.570. The fourth-order valence-electron chi connectivity index (χ4n) is 1.74. The molecule has 0 radical (unpaired) electrons. The molecule has 0 aromatic heterocycles. The van der Waals surface area contributed by atoms with Gasteiger partial charge in [-0.1, -0.05) is 13.8 Å². The summed E-state index contributed by atoms with van der Waals surface area (Å²) in [7, 11) is 1.99. The van der Waals surface area contributed by atoms with Gasteiger partial charge in [0.25, 0.3) is 0 Å². The highest BCUT2D eigenvalue weighted by molar-refractivity contribution is 5.85. The van der Waals surface area contributed by atoms with Gasteiger partial charge in [-0.3, -0.25) is 9.69 Å². The lowest BCUT2D eigenvalue weighted by molar-refractivity contribution is -0.122. The van der Waals surface area contributed by atoms with Crippen LogP contribution in [0.2, 0.25) is 0 Å². The first-order chi connectivity index (χ1) is 5.36. The molecule has 0 saturated carbocycles. The molecule has 3 heteroatoms. The number of nitrogens with zero attached hydrogens (tertiary/aromatic N) is 1. The molecular formula is C9H18N2O. The highest BCUT2D eigenvalue weighted by atomic mass is 16.2. The maximum atomic E-state index is 11.5. The van der Waals surface area contributed by atoms with Gasteiger partial charge in [-0.25, -0.2) is 0 Å². The smallest absolute Gasteiger partial charge is 0.239 e. The first kappa shape index (κ1) is 9.52. The molecule has 3 nitrogen and oxygen atoms in total. The van der Waals surface area contributed by atoms with E-state index in [1.54, 1.807) is 0 Å². The van der Waals surface area contributed by atoms with Gasteiger partial charge in [0.1, 0.15) is 0 Å². The standard InChI is InChI=1S/C9H18N2O/c1-6(2)7-8(12)10-9(3,4)11(7)5/h6-7H,1-5H3,(H,10,12). The fraction of sp³-hybridized carbons (Fsp3) is 0.889. The van der Waals surface area contributed by atoms with Crippen LogP contribution in [0.4, 0.5) is 0 Å². The molecule has 1 N–H and O–H groups in total. The second kappa shape index (κ2) is 2.73. The molecule has 0 aliphatic carbocycles. The first-order valence-electron chi connectivity index (χ1n) is 4.41. The first-order valence-corrected chi connectivity index (χ1v) is 4.41. The van der Waals surface area contributed by atoms with Crippen LogP contribution >= 0.6 is 0 Å². The van der Waals surface area contributed by atoms with Crippen LogP contribution < -0.4 is 5.32 Å². The number of carbonyl (C=O) groups excluding carboxylic acids is 1. The second-order valence-electron chi connectivity index (χ2n) is 4.35. The summed E-state index contributed by atoms with van der Waals surface area (Å²) in [6.07, 6.45) is 0. The van der Waals surface area contributed by atoms with Crippen LogP contribution in [0, 0.1) is 5.92 Å². The van der Waals surface area contributed by atoms with E-state index in [1.165, 1.54) is 0 Å².